The molecule has 0 aromatic carbocycles. The van der Waals surface area contributed by atoms with E-state index in [1.54, 1.807) is 17.3 Å². The molecule has 1 heterocycles. The number of hydrogen-bond donors (Lipinski definition) is 2. The summed E-state index contributed by atoms with van der Waals surface area (Å²) in [4.78, 5) is 21.9. The van der Waals surface area contributed by atoms with Gasteiger partial charge in [-0.05, 0) is 6.42 Å². The molecule has 112 valence electrons. The van der Waals surface area contributed by atoms with Gasteiger partial charge in [0.05, 0.1) is 6.54 Å². The van der Waals surface area contributed by atoms with Crippen LogP contribution < -0.4 is 15.5 Å². The summed E-state index contributed by atoms with van der Waals surface area (Å²) in [6, 6.07) is 0.430. The molecule has 0 unspecified atom stereocenters. The number of hydrogen-bond acceptors (Lipinski definition) is 5. The van der Waals surface area contributed by atoms with Gasteiger partial charge in [0, 0.05) is 44.1 Å². The van der Waals surface area contributed by atoms with Crippen molar-refractivity contribution in [3.8, 4) is 0 Å². The SMILES string of the molecule is CCCNC(=O)CN(C)c1ncc(CNC(C)C)cn1. The van der Waals surface area contributed by atoms with Gasteiger partial charge in [-0.2, -0.15) is 0 Å². The van der Waals surface area contributed by atoms with E-state index in [1.165, 1.54) is 0 Å². The highest BCUT2D eigenvalue weighted by molar-refractivity contribution is 5.80. The van der Waals surface area contributed by atoms with Crippen LogP contribution in [0.2, 0.25) is 0 Å². The molecule has 0 spiro atoms. The third-order valence-electron chi connectivity index (χ3n) is 2.70. The van der Waals surface area contributed by atoms with Crippen molar-refractivity contribution in [2.75, 3.05) is 25.0 Å². The van der Waals surface area contributed by atoms with Gasteiger partial charge in [0.1, 0.15) is 0 Å². The van der Waals surface area contributed by atoms with Crippen molar-refractivity contribution in [2.24, 2.45) is 0 Å². The standard InChI is InChI=1S/C14H25N5O/c1-5-6-15-13(20)10-19(4)14-17-8-12(9-18-14)7-16-11(2)3/h8-9,11,16H,5-7,10H2,1-4H3,(H,15,20). The molecule has 0 atom stereocenters. The highest BCUT2D eigenvalue weighted by Gasteiger charge is 2.09. The maximum atomic E-state index is 11.6. The van der Waals surface area contributed by atoms with E-state index in [0.717, 1.165) is 18.5 Å². The number of rotatable bonds is 8. The van der Waals surface area contributed by atoms with Gasteiger partial charge < -0.3 is 15.5 Å². The van der Waals surface area contributed by atoms with Crippen LogP contribution in [0, 0.1) is 0 Å². The molecule has 6 nitrogen and oxygen atoms in total. The zero-order chi connectivity index (χ0) is 15.0. The van der Waals surface area contributed by atoms with Gasteiger partial charge in [-0.3, -0.25) is 4.79 Å². The summed E-state index contributed by atoms with van der Waals surface area (Å²) in [5.74, 6) is 0.549. The number of carbonyl (C=O) groups excluding carboxylic acids is 1. The first kappa shape index (κ1) is 16.4. The first-order chi connectivity index (χ1) is 9.52. The molecule has 1 rings (SSSR count). The largest absolute Gasteiger partial charge is 0.355 e. The number of carbonyl (C=O) groups is 1. The molecule has 0 fully saturated rings. The third-order valence-corrected chi connectivity index (χ3v) is 2.70. The zero-order valence-electron chi connectivity index (χ0n) is 12.8. The second-order valence-corrected chi connectivity index (χ2v) is 5.13. The highest BCUT2D eigenvalue weighted by Crippen LogP contribution is 2.04. The maximum Gasteiger partial charge on any atom is 0.239 e. The molecule has 0 bridgehead atoms. The fourth-order valence-electron chi connectivity index (χ4n) is 1.56. The van der Waals surface area contributed by atoms with Gasteiger partial charge >= 0.3 is 0 Å². The van der Waals surface area contributed by atoms with Gasteiger partial charge in [-0.15, -0.1) is 0 Å². The van der Waals surface area contributed by atoms with E-state index in [1.807, 2.05) is 14.0 Å². The molecule has 0 aliphatic rings. The normalized spacial score (nSPS) is 10.7. The van der Waals surface area contributed by atoms with Crippen molar-refractivity contribution in [3.05, 3.63) is 18.0 Å². The predicted octanol–water partition coefficient (Wildman–Crippen LogP) is 0.937. The number of likely N-dealkylation sites (N-methyl/N-ethyl adjacent to an activating group) is 1. The molecule has 0 saturated heterocycles. The van der Waals surface area contributed by atoms with Crippen LogP contribution in [0.1, 0.15) is 32.8 Å². The Bertz CT molecular complexity index is 405. The molecule has 20 heavy (non-hydrogen) atoms. The number of aromatic nitrogens is 2. The Hall–Kier alpha value is -1.69. The van der Waals surface area contributed by atoms with Crippen molar-refractivity contribution in [3.63, 3.8) is 0 Å². The number of anilines is 1. The fourth-order valence-corrected chi connectivity index (χ4v) is 1.56. The summed E-state index contributed by atoms with van der Waals surface area (Å²) in [6.07, 6.45) is 4.51. The summed E-state index contributed by atoms with van der Waals surface area (Å²) in [6.45, 7) is 7.93. The average molecular weight is 279 g/mol. The van der Waals surface area contributed by atoms with Crippen LogP contribution in [0.4, 0.5) is 5.95 Å². The quantitative estimate of drug-likeness (QED) is 0.741. The molecule has 0 radical (unpaired) electrons. The fraction of sp³-hybridized carbons (Fsp3) is 0.643. The highest BCUT2D eigenvalue weighted by atomic mass is 16.2. The molecule has 1 amide bonds. The number of nitrogens with one attached hydrogen (secondary N) is 2. The van der Waals surface area contributed by atoms with Crippen molar-refractivity contribution >= 4 is 11.9 Å². The molecule has 0 saturated carbocycles. The lowest BCUT2D eigenvalue weighted by Gasteiger charge is -2.16. The summed E-state index contributed by atoms with van der Waals surface area (Å²) >= 11 is 0. The molecule has 0 aliphatic heterocycles. The van der Waals surface area contributed by atoms with Crippen LogP contribution in [-0.2, 0) is 11.3 Å². The molecule has 1 aromatic heterocycles. The van der Waals surface area contributed by atoms with Crippen molar-refractivity contribution in [2.45, 2.75) is 39.8 Å². The first-order valence-electron chi connectivity index (χ1n) is 7.05. The van der Waals surface area contributed by atoms with Crippen LogP contribution in [0.3, 0.4) is 0 Å². The summed E-state index contributed by atoms with van der Waals surface area (Å²) in [7, 11) is 1.81. The minimum absolute atomic E-state index is 0.0106. The lowest BCUT2D eigenvalue weighted by molar-refractivity contribution is -0.119. The topological polar surface area (TPSA) is 70.2 Å². The van der Waals surface area contributed by atoms with E-state index >= 15 is 0 Å². The molecule has 0 aliphatic carbocycles. The number of amides is 1. The Labute approximate surface area is 121 Å². The lowest BCUT2D eigenvalue weighted by Crippen LogP contribution is -2.36. The van der Waals surface area contributed by atoms with Gasteiger partial charge in [-0.25, -0.2) is 9.97 Å². The van der Waals surface area contributed by atoms with Crippen molar-refractivity contribution in [1.29, 1.82) is 0 Å². The monoisotopic (exact) mass is 279 g/mol. The van der Waals surface area contributed by atoms with E-state index in [0.29, 0.717) is 18.5 Å². The van der Waals surface area contributed by atoms with E-state index in [9.17, 15) is 4.79 Å². The van der Waals surface area contributed by atoms with E-state index < -0.39 is 0 Å². The molecular weight excluding hydrogens is 254 g/mol. The third kappa shape index (κ3) is 5.97. The molecule has 1 aromatic rings. The molecule has 6 heteroatoms. The maximum absolute atomic E-state index is 11.6. The van der Waals surface area contributed by atoms with Gasteiger partial charge in [0.25, 0.3) is 0 Å². The summed E-state index contributed by atoms with van der Waals surface area (Å²) in [5, 5.41) is 6.14. The second kappa shape index (κ2) is 8.47. The van der Waals surface area contributed by atoms with Gasteiger partial charge in [0.15, 0.2) is 0 Å². The van der Waals surface area contributed by atoms with E-state index in [2.05, 4.69) is 34.4 Å². The lowest BCUT2D eigenvalue weighted by atomic mass is 10.3. The average Bonchev–Trinajstić information content (AvgIpc) is 2.43. The smallest absolute Gasteiger partial charge is 0.239 e. The Balaban J connectivity index is 2.48. The van der Waals surface area contributed by atoms with E-state index in [-0.39, 0.29) is 12.5 Å². The van der Waals surface area contributed by atoms with E-state index in [4.69, 9.17) is 0 Å². The Morgan fingerprint density at radius 1 is 1.35 bits per heavy atom. The Morgan fingerprint density at radius 2 is 2.00 bits per heavy atom. The van der Waals surface area contributed by atoms with Crippen molar-refractivity contribution < 1.29 is 4.79 Å². The minimum Gasteiger partial charge on any atom is -0.355 e. The van der Waals surface area contributed by atoms with Crippen molar-refractivity contribution in [1.82, 2.24) is 20.6 Å². The van der Waals surface area contributed by atoms with Crippen LogP contribution in [-0.4, -0.2) is 42.1 Å². The number of nitrogens with zero attached hydrogens (tertiary/aromatic N) is 3. The van der Waals surface area contributed by atoms with Crippen LogP contribution in [0.5, 0.6) is 0 Å². The predicted molar refractivity (Wildman–Crippen MR) is 80.6 cm³/mol. The van der Waals surface area contributed by atoms with Crippen LogP contribution >= 0.6 is 0 Å². The summed E-state index contributed by atoms with van der Waals surface area (Å²) in [5.41, 5.74) is 1.03. The molecular formula is C14H25N5O. The molecule has 2 N–H and O–H groups in total. The Morgan fingerprint density at radius 3 is 2.55 bits per heavy atom. The summed E-state index contributed by atoms with van der Waals surface area (Å²) < 4.78 is 0. The first-order valence-corrected chi connectivity index (χ1v) is 7.05. The van der Waals surface area contributed by atoms with Gasteiger partial charge in [-0.1, -0.05) is 20.8 Å². The van der Waals surface area contributed by atoms with Crippen LogP contribution in [0.25, 0.3) is 0 Å². The van der Waals surface area contributed by atoms with Gasteiger partial charge in [0.2, 0.25) is 11.9 Å². The van der Waals surface area contributed by atoms with Crippen LogP contribution in [0.15, 0.2) is 12.4 Å². The zero-order valence-corrected chi connectivity index (χ0v) is 12.8. The Kier molecular flexibility index (Phi) is 6.93. The second-order valence-electron chi connectivity index (χ2n) is 5.13. The minimum atomic E-state index is -0.0106.